The molecule has 210 valence electrons. The Morgan fingerprint density at radius 2 is 1.72 bits per heavy atom. The van der Waals surface area contributed by atoms with Crippen molar-refractivity contribution in [2.45, 2.75) is 70.1 Å². The van der Waals surface area contributed by atoms with Crippen LogP contribution in [-0.2, 0) is 43.3 Å². The first-order valence-electron chi connectivity index (χ1n) is 13.1. The number of unbranched alkanes of at least 4 members (excludes halogenated alkanes) is 2. The number of carboxylic acids is 1. The van der Waals surface area contributed by atoms with E-state index in [0.29, 0.717) is 32.1 Å². The van der Waals surface area contributed by atoms with E-state index in [9.17, 15) is 29.6 Å². The van der Waals surface area contributed by atoms with Crippen molar-refractivity contribution in [2.24, 2.45) is 0 Å². The largest absolute Gasteiger partial charge is 0.480 e. The molecular formula is C28H35N3O8. The molecule has 1 aliphatic rings. The number of rotatable bonds is 15. The molecule has 2 N–H and O–H groups in total. The molecule has 3 rings (SSSR count). The Kier molecular flexibility index (Phi) is 11.2. The highest BCUT2D eigenvalue weighted by Crippen LogP contribution is 2.24. The van der Waals surface area contributed by atoms with Gasteiger partial charge in [0.2, 0.25) is 5.91 Å². The van der Waals surface area contributed by atoms with Crippen molar-refractivity contribution in [3.05, 3.63) is 81.4 Å². The summed E-state index contributed by atoms with van der Waals surface area (Å²) < 4.78 is 5.46. The third-order valence-electron chi connectivity index (χ3n) is 6.72. The molecule has 39 heavy (non-hydrogen) atoms. The summed E-state index contributed by atoms with van der Waals surface area (Å²) in [4.78, 5) is 54.3. The zero-order chi connectivity index (χ0) is 28.2. The van der Waals surface area contributed by atoms with Crippen LogP contribution in [0.5, 0.6) is 0 Å². The first-order valence-corrected chi connectivity index (χ1v) is 13.1. The molecular weight excluding hydrogens is 506 g/mol. The molecule has 11 heteroatoms. The van der Waals surface area contributed by atoms with Crippen molar-refractivity contribution in [2.75, 3.05) is 13.2 Å². The Morgan fingerprint density at radius 1 is 1.05 bits per heavy atom. The molecule has 0 aliphatic carbocycles. The van der Waals surface area contributed by atoms with Gasteiger partial charge in [-0.2, -0.15) is 0 Å². The number of amides is 1. The summed E-state index contributed by atoms with van der Waals surface area (Å²) >= 11 is 0. The number of ether oxygens (including phenoxy) is 1. The summed E-state index contributed by atoms with van der Waals surface area (Å²) in [6, 6.07) is 14.5. The minimum absolute atomic E-state index is 0.0137. The smallest absolute Gasteiger partial charge is 0.326 e. The zero-order valence-corrected chi connectivity index (χ0v) is 22.0. The highest BCUT2D eigenvalue weighted by Gasteiger charge is 2.37. The molecule has 0 fully saturated rings. The first kappa shape index (κ1) is 29.6. The molecule has 3 unspecified atom stereocenters. The van der Waals surface area contributed by atoms with Crippen LogP contribution in [-0.4, -0.2) is 64.3 Å². The Balaban J connectivity index is 1.62. The van der Waals surface area contributed by atoms with Gasteiger partial charge in [0.15, 0.2) is 0 Å². The van der Waals surface area contributed by atoms with E-state index in [1.54, 1.807) is 6.92 Å². The Hall–Kier alpha value is -3.99. The second kappa shape index (κ2) is 14.8. The Morgan fingerprint density at radius 3 is 2.41 bits per heavy atom. The van der Waals surface area contributed by atoms with Crippen molar-refractivity contribution < 1.29 is 34.2 Å². The fourth-order valence-corrected chi connectivity index (χ4v) is 4.62. The fourth-order valence-electron chi connectivity index (χ4n) is 4.62. The predicted octanol–water partition coefficient (Wildman–Crippen LogP) is 2.93. The van der Waals surface area contributed by atoms with Crippen LogP contribution in [0.25, 0.3) is 0 Å². The van der Waals surface area contributed by atoms with Gasteiger partial charge in [0.1, 0.15) is 12.1 Å². The standard InChI is InChI=1S/C28H35N3O8/c1-20(26(32)30-19-23-13-7-6-12-22(23)18-25(30)27(33)34)29-24(15-14-21-10-4-2-5-11-21)28(35)38-16-8-3-9-17-39-31(36)37/h2,4-7,10-13,20,24-25,29H,3,8-9,14-19H2,1H3,(H,33,34). The highest BCUT2D eigenvalue weighted by atomic mass is 16.9. The minimum Gasteiger partial charge on any atom is -0.480 e. The number of hydrogen-bond acceptors (Lipinski definition) is 8. The molecule has 0 saturated heterocycles. The van der Waals surface area contributed by atoms with Gasteiger partial charge in [-0.15, -0.1) is 10.1 Å². The van der Waals surface area contributed by atoms with Gasteiger partial charge in [-0.1, -0.05) is 54.6 Å². The third-order valence-corrected chi connectivity index (χ3v) is 6.72. The molecule has 2 aromatic carbocycles. The molecule has 0 radical (unpaired) electrons. The van der Waals surface area contributed by atoms with E-state index in [1.165, 1.54) is 4.90 Å². The van der Waals surface area contributed by atoms with E-state index in [2.05, 4.69) is 10.2 Å². The average molecular weight is 542 g/mol. The highest BCUT2D eigenvalue weighted by molar-refractivity contribution is 5.88. The van der Waals surface area contributed by atoms with Crippen molar-refractivity contribution in [3.63, 3.8) is 0 Å². The molecule has 1 amide bonds. The minimum atomic E-state index is -1.08. The van der Waals surface area contributed by atoms with Gasteiger partial charge in [-0.05, 0) is 55.7 Å². The molecule has 0 spiro atoms. The van der Waals surface area contributed by atoms with Gasteiger partial charge >= 0.3 is 11.9 Å². The van der Waals surface area contributed by atoms with Crippen LogP contribution in [0.15, 0.2) is 54.6 Å². The summed E-state index contributed by atoms with van der Waals surface area (Å²) in [5.41, 5.74) is 2.84. The van der Waals surface area contributed by atoms with E-state index in [1.807, 2.05) is 54.6 Å². The third kappa shape index (κ3) is 9.06. The topological polar surface area (TPSA) is 148 Å². The van der Waals surface area contributed by atoms with Gasteiger partial charge in [0.25, 0.3) is 5.09 Å². The summed E-state index contributed by atoms with van der Waals surface area (Å²) in [5, 5.41) is 22.3. The quantitative estimate of drug-likeness (QED) is 0.150. The number of benzene rings is 2. The van der Waals surface area contributed by atoms with Gasteiger partial charge in [-0.25, -0.2) is 4.79 Å². The summed E-state index contributed by atoms with van der Waals surface area (Å²) in [5.74, 6) is -1.99. The number of aliphatic carboxylic acids is 1. The van der Waals surface area contributed by atoms with E-state index in [0.717, 1.165) is 16.7 Å². The van der Waals surface area contributed by atoms with Crippen LogP contribution < -0.4 is 5.32 Å². The maximum absolute atomic E-state index is 13.5. The molecule has 1 aliphatic heterocycles. The van der Waals surface area contributed by atoms with Gasteiger partial charge < -0.3 is 19.6 Å². The van der Waals surface area contributed by atoms with Crippen molar-refractivity contribution in [1.82, 2.24) is 10.2 Å². The van der Waals surface area contributed by atoms with Crippen molar-refractivity contribution in [3.8, 4) is 0 Å². The first-order chi connectivity index (χ1) is 18.8. The number of nitrogens with one attached hydrogen (secondary N) is 1. The molecule has 0 saturated carbocycles. The van der Waals surface area contributed by atoms with Gasteiger partial charge in [-0.3, -0.25) is 14.9 Å². The maximum atomic E-state index is 13.5. The number of esters is 1. The van der Waals surface area contributed by atoms with Crippen molar-refractivity contribution in [1.29, 1.82) is 0 Å². The Bertz CT molecular complexity index is 1130. The lowest BCUT2D eigenvalue weighted by Gasteiger charge is -2.36. The number of hydrogen-bond donors (Lipinski definition) is 2. The number of aryl methyl sites for hydroxylation is 1. The molecule has 11 nitrogen and oxygen atoms in total. The lowest BCUT2D eigenvalue weighted by molar-refractivity contribution is -0.757. The average Bonchev–Trinajstić information content (AvgIpc) is 2.93. The number of fused-ring (bicyclic) bond motifs is 1. The molecule has 2 aromatic rings. The van der Waals surface area contributed by atoms with Gasteiger partial charge in [0.05, 0.1) is 19.3 Å². The van der Waals surface area contributed by atoms with Crippen LogP contribution in [0, 0.1) is 10.1 Å². The van der Waals surface area contributed by atoms with Gasteiger partial charge in [0, 0.05) is 13.0 Å². The maximum Gasteiger partial charge on any atom is 0.326 e. The number of carbonyl (C=O) groups excluding carboxylic acids is 2. The second-order valence-electron chi connectivity index (χ2n) is 9.54. The molecule has 0 aromatic heterocycles. The molecule has 3 atom stereocenters. The number of carboxylic acid groups (broad SMARTS) is 1. The normalized spacial score (nSPS) is 16.0. The molecule has 1 heterocycles. The van der Waals surface area contributed by atoms with Crippen LogP contribution in [0.2, 0.25) is 0 Å². The SMILES string of the molecule is CC(NC(CCc1ccccc1)C(=O)OCCCCCO[N+](=O)[O-])C(=O)N1Cc2ccccc2CC1C(=O)O. The predicted molar refractivity (Wildman–Crippen MR) is 141 cm³/mol. The number of nitrogens with zero attached hydrogens (tertiary/aromatic N) is 2. The summed E-state index contributed by atoms with van der Waals surface area (Å²) in [6.45, 7) is 1.92. The summed E-state index contributed by atoms with van der Waals surface area (Å²) in [6.07, 6.45) is 2.73. The van der Waals surface area contributed by atoms with E-state index in [4.69, 9.17) is 4.74 Å². The zero-order valence-electron chi connectivity index (χ0n) is 22.0. The molecule has 0 bridgehead atoms. The van der Waals surface area contributed by atoms with E-state index < -0.39 is 41.1 Å². The van der Waals surface area contributed by atoms with Crippen molar-refractivity contribution >= 4 is 17.8 Å². The van der Waals surface area contributed by atoms with Crippen LogP contribution >= 0.6 is 0 Å². The fraction of sp³-hybridized carbons (Fsp3) is 0.464. The van der Waals surface area contributed by atoms with Crippen LogP contribution in [0.1, 0.15) is 49.3 Å². The van der Waals surface area contributed by atoms with E-state index >= 15 is 0 Å². The number of carbonyl (C=O) groups is 3. The lowest BCUT2D eigenvalue weighted by atomic mass is 9.93. The van der Waals surface area contributed by atoms with Crippen LogP contribution in [0.3, 0.4) is 0 Å². The van der Waals surface area contributed by atoms with Crippen LogP contribution in [0.4, 0.5) is 0 Å². The monoisotopic (exact) mass is 541 g/mol. The summed E-state index contributed by atoms with van der Waals surface area (Å²) in [7, 11) is 0. The Labute approximate surface area is 227 Å². The second-order valence-corrected chi connectivity index (χ2v) is 9.54. The van der Waals surface area contributed by atoms with E-state index in [-0.39, 0.29) is 26.2 Å². The lowest BCUT2D eigenvalue weighted by Crippen LogP contribution is -2.56.